The average molecular weight is 257 g/mol. The molecule has 1 aromatic heterocycles. The monoisotopic (exact) mass is 257 g/mol. The second-order valence-corrected chi connectivity index (χ2v) is 4.67. The molecule has 0 amide bonds. The molecule has 1 N–H and O–H groups in total. The molecular weight excluding hydrogens is 238 g/mol. The standard InChI is InChI=1S/C14H19N5/c1-4-5-6-12(3)16-13-8-7-11(2)14(9-13)19-10-15-17-18-19/h4,7-10,12,16H,1,5-6H2,2-3H3. The topological polar surface area (TPSA) is 55.6 Å². The van der Waals surface area contributed by atoms with E-state index < -0.39 is 0 Å². The summed E-state index contributed by atoms with van der Waals surface area (Å²) in [5.41, 5.74) is 3.20. The lowest BCUT2D eigenvalue weighted by molar-refractivity contribution is 0.718. The summed E-state index contributed by atoms with van der Waals surface area (Å²) in [5, 5.41) is 14.8. The second-order valence-electron chi connectivity index (χ2n) is 4.67. The summed E-state index contributed by atoms with van der Waals surface area (Å²) < 4.78 is 1.68. The maximum Gasteiger partial charge on any atom is 0.143 e. The quantitative estimate of drug-likeness (QED) is 0.808. The number of hydrogen-bond acceptors (Lipinski definition) is 4. The molecule has 0 radical (unpaired) electrons. The lowest BCUT2D eigenvalue weighted by atomic mass is 10.1. The molecule has 5 heteroatoms. The molecule has 0 saturated carbocycles. The van der Waals surface area contributed by atoms with Gasteiger partial charge in [0.2, 0.25) is 0 Å². The van der Waals surface area contributed by atoms with Crippen molar-refractivity contribution in [1.29, 1.82) is 0 Å². The SMILES string of the molecule is C=CCCC(C)Nc1ccc(C)c(-n2cnnn2)c1. The first-order valence-corrected chi connectivity index (χ1v) is 6.42. The Morgan fingerprint density at radius 2 is 2.32 bits per heavy atom. The van der Waals surface area contributed by atoms with Gasteiger partial charge in [-0.15, -0.1) is 11.7 Å². The van der Waals surface area contributed by atoms with Crippen LogP contribution >= 0.6 is 0 Å². The van der Waals surface area contributed by atoms with Crippen LogP contribution in [0.3, 0.4) is 0 Å². The molecule has 0 bridgehead atoms. The van der Waals surface area contributed by atoms with E-state index in [4.69, 9.17) is 0 Å². The van der Waals surface area contributed by atoms with Crippen LogP contribution in [0.1, 0.15) is 25.3 Å². The van der Waals surface area contributed by atoms with Gasteiger partial charge >= 0.3 is 0 Å². The number of rotatable bonds is 6. The predicted molar refractivity (Wildman–Crippen MR) is 76.4 cm³/mol. The summed E-state index contributed by atoms with van der Waals surface area (Å²) in [6.45, 7) is 7.96. The summed E-state index contributed by atoms with van der Waals surface area (Å²) in [7, 11) is 0. The number of aromatic nitrogens is 4. The van der Waals surface area contributed by atoms with Crippen LogP contribution in [0.25, 0.3) is 5.69 Å². The minimum Gasteiger partial charge on any atom is -0.383 e. The van der Waals surface area contributed by atoms with Crippen molar-refractivity contribution in [2.24, 2.45) is 0 Å². The van der Waals surface area contributed by atoms with E-state index in [0.717, 1.165) is 29.8 Å². The molecule has 100 valence electrons. The van der Waals surface area contributed by atoms with E-state index in [1.807, 2.05) is 13.0 Å². The minimum absolute atomic E-state index is 0.405. The number of nitrogens with one attached hydrogen (secondary N) is 1. The average Bonchev–Trinajstić information content (AvgIpc) is 2.92. The van der Waals surface area contributed by atoms with Gasteiger partial charge in [-0.1, -0.05) is 12.1 Å². The van der Waals surface area contributed by atoms with Crippen molar-refractivity contribution >= 4 is 5.69 Å². The molecule has 1 atom stereocenters. The Morgan fingerprint density at radius 1 is 1.47 bits per heavy atom. The highest BCUT2D eigenvalue weighted by Crippen LogP contribution is 2.19. The molecule has 5 nitrogen and oxygen atoms in total. The van der Waals surface area contributed by atoms with Crippen molar-refractivity contribution in [2.45, 2.75) is 32.7 Å². The van der Waals surface area contributed by atoms with Gasteiger partial charge in [-0.05, 0) is 54.8 Å². The van der Waals surface area contributed by atoms with Gasteiger partial charge in [0.15, 0.2) is 0 Å². The van der Waals surface area contributed by atoms with Crippen LogP contribution < -0.4 is 5.32 Å². The highest BCUT2D eigenvalue weighted by molar-refractivity contribution is 5.54. The van der Waals surface area contributed by atoms with E-state index >= 15 is 0 Å². The normalized spacial score (nSPS) is 12.1. The molecular formula is C14H19N5. The number of hydrogen-bond donors (Lipinski definition) is 1. The van der Waals surface area contributed by atoms with Gasteiger partial charge in [0.25, 0.3) is 0 Å². The van der Waals surface area contributed by atoms with E-state index in [-0.39, 0.29) is 0 Å². The molecule has 0 aliphatic rings. The Bertz CT molecular complexity index is 533. The zero-order chi connectivity index (χ0) is 13.7. The molecule has 19 heavy (non-hydrogen) atoms. The van der Waals surface area contributed by atoms with Gasteiger partial charge in [-0.25, -0.2) is 4.68 Å². The highest BCUT2D eigenvalue weighted by atomic mass is 15.5. The van der Waals surface area contributed by atoms with Crippen molar-refractivity contribution in [3.05, 3.63) is 42.7 Å². The number of nitrogens with zero attached hydrogens (tertiary/aromatic N) is 4. The largest absolute Gasteiger partial charge is 0.383 e. The molecule has 1 unspecified atom stereocenters. The third kappa shape index (κ3) is 3.40. The van der Waals surface area contributed by atoms with Gasteiger partial charge in [0.1, 0.15) is 6.33 Å². The van der Waals surface area contributed by atoms with E-state index in [1.165, 1.54) is 0 Å². The molecule has 2 rings (SSSR count). The van der Waals surface area contributed by atoms with E-state index in [9.17, 15) is 0 Å². The first-order chi connectivity index (χ1) is 9.20. The van der Waals surface area contributed by atoms with E-state index in [2.05, 4.69) is 52.5 Å². The van der Waals surface area contributed by atoms with Crippen LogP contribution in [-0.4, -0.2) is 26.2 Å². The minimum atomic E-state index is 0.405. The Morgan fingerprint density at radius 3 is 3.00 bits per heavy atom. The van der Waals surface area contributed by atoms with Gasteiger partial charge in [0.05, 0.1) is 5.69 Å². The third-order valence-corrected chi connectivity index (χ3v) is 3.02. The number of allylic oxidation sites excluding steroid dienone is 1. The van der Waals surface area contributed by atoms with Crippen LogP contribution in [-0.2, 0) is 0 Å². The molecule has 2 aromatic rings. The first kappa shape index (κ1) is 13.3. The fourth-order valence-corrected chi connectivity index (χ4v) is 1.94. The maximum atomic E-state index is 3.93. The van der Waals surface area contributed by atoms with Crippen LogP contribution in [0, 0.1) is 6.92 Å². The third-order valence-electron chi connectivity index (χ3n) is 3.02. The van der Waals surface area contributed by atoms with Crippen molar-refractivity contribution in [2.75, 3.05) is 5.32 Å². The van der Waals surface area contributed by atoms with E-state index in [1.54, 1.807) is 11.0 Å². The van der Waals surface area contributed by atoms with Crippen LogP contribution in [0.15, 0.2) is 37.2 Å². The zero-order valence-corrected chi connectivity index (χ0v) is 11.4. The predicted octanol–water partition coefficient (Wildman–Crippen LogP) is 2.74. The Kier molecular flexibility index (Phi) is 4.28. The number of aryl methyl sites for hydroxylation is 1. The Labute approximate surface area is 113 Å². The van der Waals surface area contributed by atoms with Crippen molar-refractivity contribution in [1.82, 2.24) is 20.2 Å². The summed E-state index contributed by atoms with van der Waals surface area (Å²) in [4.78, 5) is 0. The highest BCUT2D eigenvalue weighted by Gasteiger charge is 2.06. The Hall–Kier alpha value is -2.17. The molecule has 1 heterocycles. The molecule has 1 aromatic carbocycles. The molecule has 0 spiro atoms. The van der Waals surface area contributed by atoms with Crippen molar-refractivity contribution < 1.29 is 0 Å². The number of benzene rings is 1. The van der Waals surface area contributed by atoms with Crippen LogP contribution in [0.4, 0.5) is 5.69 Å². The summed E-state index contributed by atoms with van der Waals surface area (Å²) in [6.07, 6.45) is 5.63. The first-order valence-electron chi connectivity index (χ1n) is 6.42. The number of anilines is 1. The molecule has 0 fully saturated rings. The zero-order valence-electron chi connectivity index (χ0n) is 11.4. The van der Waals surface area contributed by atoms with E-state index in [0.29, 0.717) is 6.04 Å². The van der Waals surface area contributed by atoms with Gasteiger partial charge in [0, 0.05) is 11.7 Å². The fraction of sp³-hybridized carbons (Fsp3) is 0.357. The van der Waals surface area contributed by atoms with Crippen molar-refractivity contribution in [3.63, 3.8) is 0 Å². The second kappa shape index (κ2) is 6.13. The lowest BCUT2D eigenvalue weighted by Gasteiger charge is -2.16. The van der Waals surface area contributed by atoms with Gasteiger partial charge in [-0.3, -0.25) is 0 Å². The molecule has 0 aliphatic carbocycles. The van der Waals surface area contributed by atoms with Crippen molar-refractivity contribution in [3.8, 4) is 5.69 Å². The summed E-state index contributed by atoms with van der Waals surface area (Å²) >= 11 is 0. The smallest absolute Gasteiger partial charge is 0.143 e. The number of tetrazole rings is 1. The molecule has 0 saturated heterocycles. The summed E-state index contributed by atoms with van der Waals surface area (Å²) in [5.74, 6) is 0. The maximum absolute atomic E-state index is 3.93. The Balaban J connectivity index is 2.15. The van der Waals surface area contributed by atoms with Gasteiger partial charge in [-0.2, -0.15) is 0 Å². The molecule has 0 aliphatic heterocycles. The lowest BCUT2D eigenvalue weighted by Crippen LogP contribution is -2.15. The van der Waals surface area contributed by atoms with Crippen LogP contribution in [0.2, 0.25) is 0 Å². The summed E-state index contributed by atoms with van der Waals surface area (Å²) in [6, 6.07) is 6.62. The van der Waals surface area contributed by atoms with Gasteiger partial charge < -0.3 is 5.32 Å². The van der Waals surface area contributed by atoms with Crippen LogP contribution in [0.5, 0.6) is 0 Å². The fourth-order valence-electron chi connectivity index (χ4n) is 1.94.